The number of aliphatic hydroxyl groups is 1. The van der Waals surface area contributed by atoms with E-state index in [2.05, 4.69) is 20.0 Å². The molecule has 248 valence electrons. The molecule has 0 spiro atoms. The Labute approximate surface area is 276 Å². The van der Waals surface area contributed by atoms with Crippen molar-refractivity contribution in [3.05, 3.63) is 54.6 Å². The number of benzene rings is 2. The zero-order chi connectivity index (χ0) is 33.4. The number of aromatic nitrogens is 4. The zero-order valence-corrected chi connectivity index (χ0v) is 28.7. The predicted molar refractivity (Wildman–Crippen MR) is 178 cm³/mol. The summed E-state index contributed by atoms with van der Waals surface area (Å²) in [4.78, 5) is 27.8. The highest BCUT2D eigenvalue weighted by atomic mass is 35.5. The summed E-state index contributed by atoms with van der Waals surface area (Å²) in [6, 6.07) is 12.1. The van der Waals surface area contributed by atoms with E-state index in [-0.39, 0.29) is 12.0 Å². The average molecular weight is 695 g/mol. The minimum Gasteiger partial charge on any atom is -0.462 e. The number of fused-ring (bicyclic) bond motifs is 2. The maximum atomic E-state index is 16.0. The lowest BCUT2D eigenvalue weighted by Gasteiger charge is -2.33. The second-order valence-corrected chi connectivity index (χ2v) is 15.0. The van der Waals surface area contributed by atoms with Crippen LogP contribution in [-0.2, 0) is 30.6 Å². The molecule has 46 heavy (non-hydrogen) atoms. The van der Waals surface area contributed by atoms with Gasteiger partial charge in [0.25, 0.3) is 0 Å². The van der Waals surface area contributed by atoms with Crippen LogP contribution < -0.4 is 14.5 Å². The predicted octanol–water partition coefficient (Wildman–Crippen LogP) is 4.81. The number of rotatable bonds is 12. The number of anilines is 1. The van der Waals surface area contributed by atoms with E-state index >= 15 is 4.39 Å². The molecule has 0 amide bonds. The van der Waals surface area contributed by atoms with Gasteiger partial charge in [-0.25, -0.2) is 24.4 Å². The van der Waals surface area contributed by atoms with Gasteiger partial charge in [-0.15, -0.1) is 11.6 Å². The lowest BCUT2D eigenvalue weighted by Crippen LogP contribution is -2.48. The molecular weight excluding hydrogens is 658 g/mol. The number of ether oxygens (including phenoxy) is 2. The molecule has 6 atom stereocenters. The largest absolute Gasteiger partial charge is 0.462 e. The van der Waals surface area contributed by atoms with Crippen LogP contribution in [0.15, 0.2) is 48.8 Å². The number of aryl methyl sites for hydroxylation is 1. The Morgan fingerprint density at radius 1 is 1.24 bits per heavy atom. The molecular formula is C30H37ClFN6O6PS. The van der Waals surface area contributed by atoms with Crippen LogP contribution in [0.2, 0.25) is 0 Å². The standard InChI is InChI=1S/C30H37ClFN6O6PS/c1-17(2)42-29(40)18(3)36-45(46,44-22-13-9-11-20-10-7-8-12-21(20)22)41-15-30(14-31)25(39)23(32)28(43-30)38-16-33-24-26(37(5)6)34-19(4)35-27(24)38/h7-13,16-18,23,25,28,39H,14-15H2,1-6H3,(H,36,46)/t18-,23+,25+,28-,30-,45-/m1/s1. The van der Waals surface area contributed by atoms with E-state index in [1.807, 2.05) is 44.4 Å². The number of esters is 1. The van der Waals surface area contributed by atoms with Crippen molar-refractivity contribution in [1.29, 1.82) is 0 Å². The number of hydrogen-bond acceptors (Lipinski definition) is 11. The van der Waals surface area contributed by atoms with Crippen LogP contribution in [0.1, 0.15) is 32.8 Å². The number of aliphatic hydroxyl groups excluding tert-OH is 1. The van der Waals surface area contributed by atoms with Crippen molar-refractivity contribution in [1.82, 2.24) is 24.6 Å². The number of nitrogens with one attached hydrogen (secondary N) is 1. The number of carbonyl (C=O) groups is 1. The topological polar surface area (TPSA) is 133 Å². The number of imidazole rings is 1. The third kappa shape index (κ3) is 6.84. The quantitative estimate of drug-likeness (QED) is 0.120. The third-order valence-electron chi connectivity index (χ3n) is 7.41. The average Bonchev–Trinajstić information content (AvgIpc) is 3.53. The fourth-order valence-corrected chi connectivity index (χ4v) is 7.86. The van der Waals surface area contributed by atoms with Gasteiger partial charge in [0.15, 0.2) is 29.4 Å². The summed E-state index contributed by atoms with van der Waals surface area (Å²) in [5, 5.41) is 15.9. The normalized spacial score (nSPS) is 23.5. The zero-order valence-electron chi connectivity index (χ0n) is 26.3. The molecule has 0 saturated carbocycles. The molecule has 0 unspecified atom stereocenters. The van der Waals surface area contributed by atoms with Gasteiger partial charge < -0.3 is 28.5 Å². The minimum absolute atomic E-state index is 0.325. The molecule has 1 aliphatic rings. The SMILES string of the molecule is Cc1nc(N(C)C)c2ncn([C@@H]3O[C@](CCl)(CO[P@](=S)(N[C@H](C)C(=O)OC(C)C)Oc4cccc5ccccc45)[C@@H](O)[C@@H]3F)c2n1. The summed E-state index contributed by atoms with van der Waals surface area (Å²) < 4.78 is 41.5. The van der Waals surface area contributed by atoms with Crippen molar-refractivity contribution in [2.45, 2.75) is 63.9 Å². The summed E-state index contributed by atoms with van der Waals surface area (Å²) in [7, 11) is 3.62. The number of carbonyl (C=O) groups excluding carboxylic acids is 1. The molecule has 3 heterocycles. The number of halogens is 2. The van der Waals surface area contributed by atoms with E-state index in [0.717, 1.165) is 10.8 Å². The molecule has 5 rings (SSSR count). The molecule has 12 nitrogen and oxygen atoms in total. The molecule has 2 N–H and O–H groups in total. The van der Waals surface area contributed by atoms with Crippen LogP contribution in [0.5, 0.6) is 5.75 Å². The Kier molecular flexibility index (Phi) is 10.2. The van der Waals surface area contributed by atoms with Gasteiger partial charge in [-0.05, 0) is 51.0 Å². The Hall–Kier alpha value is -2.97. The van der Waals surface area contributed by atoms with Crippen molar-refractivity contribution < 1.29 is 32.8 Å². The molecule has 4 aromatic rings. The summed E-state index contributed by atoms with van der Waals surface area (Å²) >= 11 is 12.3. The lowest BCUT2D eigenvalue weighted by molar-refractivity contribution is -0.149. The fraction of sp³-hybridized carbons (Fsp3) is 0.467. The molecule has 0 bridgehead atoms. The lowest BCUT2D eigenvalue weighted by atomic mass is 9.99. The van der Waals surface area contributed by atoms with E-state index in [4.69, 9.17) is 41.9 Å². The van der Waals surface area contributed by atoms with Gasteiger partial charge in [-0.1, -0.05) is 36.4 Å². The van der Waals surface area contributed by atoms with Crippen molar-refractivity contribution >= 4 is 63.8 Å². The maximum Gasteiger partial charge on any atom is 0.323 e. The van der Waals surface area contributed by atoms with Crippen molar-refractivity contribution in [3.8, 4) is 5.75 Å². The molecule has 1 aliphatic heterocycles. The Bertz CT molecular complexity index is 1780. The van der Waals surface area contributed by atoms with Gasteiger partial charge in [-0.2, -0.15) is 0 Å². The summed E-state index contributed by atoms with van der Waals surface area (Å²) in [6.45, 7) is 2.64. The van der Waals surface area contributed by atoms with Gasteiger partial charge in [0, 0.05) is 19.5 Å². The third-order valence-corrected chi connectivity index (χ3v) is 10.3. The van der Waals surface area contributed by atoms with Gasteiger partial charge in [0.1, 0.15) is 29.3 Å². The van der Waals surface area contributed by atoms with Gasteiger partial charge >= 0.3 is 12.6 Å². The van der Waals surface area contributed by atoms with Crippen molar-refractivity contribution in [2.24, 2.45) is 0 Å². The van der Waals surface area contributed by atoms with Gasteiger partial charge in [-0.3, -0.25) is 9.36 Å². The van der Waals surface area contributed by atoms with Crippen LogP contribution in [0, 0.1) is 6.92 Å². The molecule has 1 fully saturated rings. The first-order valence-corrected chi connectivity index (χ1v) is 17.8. The Morgan fingerprint density at radius 2 is 1.96 bits per heavy atom. The summed E-state index contributed by atoms with van der Waals surface area (Å²) in [5.41, 5.74) is -0.999. The maximum absolute atomic E-state index is 16.0. The highest BCUT2D eigenvalue weighted by molar-refractivity contribution is 8.09. The van der Waals surface area contributed by atoms with Crippen LogP contribution >= 0.6 is 18.2 Å². The fourth-order valence-electron chi connectivity index (χ4n) is 5.12. The Balaban J connectivity index is 1.46. The van der Waals surface area contributed by atoms with E-state index in [0.29, 0.717) is 28.6 Å². The molecule has 2 aromatic heterocycles. The Morgan fingerprint density at radius 3 is 2.65 bits per heavy atom. The highest BCUT2D eigenvalue weighted by Gasteiger charge is 2.57. The second kappa shape index (κ2) is 13.6. The van der Waals surface area contributed by atoms with Gasteiger partial charge in [0.05, 0.1) is 24.9 Å². The van der Waals surface area contributed by atoms with Crippen molar-refractivity contribution in [3.63, 3.8) is 0 Å². The molecule has 1 saturated heterocycles. The van der Waals surface area contributed by atoms with E-state index in [1.165, 1.54) is 10.9 Å². The van der Waals surface area contributed by atoms with Gasteiger partial charge in [0.2, 0.25) is 0 Å². The van der Waals surface area contributed by atoms with Crippen LogP contribution in [0.4, 0.5) is 10.2 Å². The molecule has 0 aliphatic carbocycles. The summed E-state index contributed by atoms with van der Waals surface area (Å²) in [6.07, 6.45) is -4.00. The van der Waals surface area contributed by atoms with Crippen LogP contribution in [0.3, 0.4) is 0 Å². The first kappa shape index (κ1) is 34.4. The van der Waals surface area contributed by atoms with E-state index in [1.54, 1.807) is 44.7 Å². The van der Waals surface area contributed by atoms with Crippen LogP contribution in [0.25, 0.3) is 21.9 Å². The second-order valence-electron chi connectivity index (χ2n) is 11.6. The number of nitrogens with zero attached hydrogens (tertiary/aromatic N) is 5. The number of alkyl halides is 2. The van der Waals surface area contributed by atoms with Crippen molar-refractivity contribution in [2.75, 3.05) is 31.5 Å². The molecule has 0 radical (unpaired) electrons. The molecule has 2 aromatic carbocycles. The first-order valence-electron chi connectivity index (χ1n) is 14.6. The smallest absolute Gasteiger partial charge is 0.323 e. The minimum atomic E-state index is -3.63. The monoisotopic (exact) mass is 694 g/mol. The van der Waals surface area contributed by atoms with Crippen LogP contribution in [-0.4, -0.2) is 87.2 Å². The highest BCUT2D eigenvalue weighted by Crippen LogP contribution is 2.50. The summed E-state index contributed by atoms with van der Waals surface area (Å²) in [5.74, 6) is 0.474. The number of hydrogen-bond donors (Lipinski definition) is 2. The first-order chi connectivity index (χ1) is 21.8. The molecule has 16 heteroatoms. The van der Waals surface area contributed by atoms with E-state index in [9.17, 15) is 9.90 Å². The van der Waals surface area contributed by atoms with E-state index < -0.39 is 49.4 Å².